The lowest BCUT2D eigenvalue weighted by Gasteiger charge is -2.36. The van der Waals surface area contributed by atoms with Crippen LogP contribution in [0.3, 0.4) is 0 Å². The Hall–Kier alpha value is -1.13. The van der Waals surface area contributed by atoms with Crippen LogP contribution in [0.25, 0.3) is 0 Å². The summed E-state index contributed by atoms with van der Waals surface area (Å²) in [5.41, 5.74) is 1.27. The van der Waals surface area contributed by atoms with Gasteiger partial charge in [-0.15, -0.1) is 0 Å². The van der Waals surface area contributed by atoms with Crippen LogP contribution in [0.5, 0.6) is 0 Å². The Kier molecular flexibility index (Phi) is 4.55. The van der Waals surface area contributed by atoms with E-state index >= 15 is 0 Å². The number of nitrogens with one attached hydrogen (secondary N) is 1. The van der Waals surface area contributed by atoms with Gasteiger partial charge in [0.25, 0.3) is 0 Å². The average molecular weight is 248 g/mol. The predicted molar refractivity (Wildman–Crippen MR) is 75.8 cm³/mol. The lowest BCUT2D eigenvalue weighted by atomic mass is 10.0. The number of aromatic nitrogens is 1. The van der Waals surface area contributed by atoms with Crippen molar-refractivity contribution in [3.05, 3.63) is 23.9 Å². The lowest BCUT2D eigenvalue weighted by Crippen LogP contribution is -2.44. The zero-order valence-corrected chi connectivity index (χ0v) is 11.7. The summed E-state index contributed by atoms with van der Waals surface area (Å²) in [5, 5.41) is 3.16. The van der Waals surface area contributed by atoms with E-state index in [0.717, 1.165) is 12.4 Å². The average Bonchev–Trinajstić information content (AvgIpc) is 2.39. The van der Waals surface area contributed by atoms with Crippen molar-refractivity contribution in [2.45, 2.75) is 25.4 Å². The van der Waals surface area contributed by atoms with Gasteiger partial charge >= 0.3 is 0 Å². The van der Waals surface area contributed by atoms with Crippen molar-refractivity contribution < 1.29 is 0 Å². The molecule has 1 aromatic heterocycles. The number of rotatable bonds is 4. The molecule has 0 bridgehead atoms. The van der Waals surface area contributed by atoms with E-state index in [4.69, 9.17) is 0 Å². The third-order valence-electron chi connectivity index (χ3n) is 3.77. The van der Waals surface area contributed by atoms with E-state index in [2.05, 4.69) is 40.3 Å². The van der Waals surface area contributed by atoms with Crippen molar-refractivity contribution in [1.29, 1.82) is 0 Å². The molecule has 1 aromatic rings. The minimum atomic E-state index is 0.661. The molecule has 2 rings (SSSR count). The van der Waals surface area contributed by atoms with Crippen LogP contribution >= 0.6 is 0 Å². The van der Waals surface area contributed by atoms with Crippen LogP contribution in [0.4, 0.5) is 5.82 Å². The van der Waals surface area contributed by atoms with Gasteiger partial charge in [-0.05, 0) is 39.5 Å². The van der Waals surface area contributed by atoms with Crippen LogP contribution in [0.1, 0.15) is 18.4 Å². The number of nitrogens with zero attached hydrogens (tertiary/aromatic N) is 3. The highest BCUT2D eigenvalue weighted by Crippen LogP contribution is 2.18. The van der Waals surface area contributed by atoms with Crippen LogP contribution in [-0.4, -0.2) is 55.1 Å². The Bertz CT molecular complexity index is 380. The number of hydrogen-bond acceptors (Lipinski definition) is 4. The van der Waals surface area contributed by atoms with Crippen molar-refractivity contribution in [3.8, 4) is 0 Å². The number of anilines is 1. The molecule has 1 aliphatic heterocycles. The van der Waals surface area contributed by atoms with Gasteiger partial charge in [-0.1, -0.05) is 6.07 Å². The van der Waals surface area contributed by atoms with E-state index in [1.807, 2.05) is 19.3 Å². The highest BCUT2D eigenvalue weighted by atomic mass is 15.2. The molecule has 1 fully saturated rings. The van der Waals surface area contributed by atoms with Gasteiger partial charge in [0.05, 0.1) is 0 Å². The number of pyridine rings is 1. The molecule has 100 valence electrons. The number of piperidine rings is 1. The van der Waals surface area contributed by atoms with Gasteiger partial charge < -0.3 is 10.2 Å². The molecule has 1 aliphatic rings. The summed E-state index contributed by atoms with van der Waals surface area (Å²) in [6, 6.07) is 4.83. The zero-order valence-electron chi connectivity index (χ0n) is 11.7. The molecule has 0 aromatic carbocycles. The van der Waals surface area contributed by atoms with E-state index in [9.17, 15) is 0 Å². The van der Waals surface area contributed by atoms with Gasteiger partial charge in [0.1, 0.15) is 5.82 Å². The summed E-state index contributed by atoms with van der Waals surface area (Å²) >= 11 is 0. The fourth-order valence-corrected chi connectivity index (χ4v) is 2.69. The maximum absolute atomic E-state index is 4.36. The largest absolute Gasteiger partial charge is 0.373 e. The number of hydrogen-bond donors (Lipinski definition) is 1. The SMILES string of the molecule is CNc1ncccc1CN(C)C1CCCN(C)C1. The van der Waals surface area contributed by atoms with Crippen molar-refractivity contribution >= 4 is 5.82 Å². The Morgan fingerprint density at radius 2 is 2.39 bits per heavy atom. The molecule has 0 spiro atoms. The number of likely N-dealkylation sites (N-methyl/N-ethyl adjacent to an activating group) is 2. The van der Waals surface area contributed by atoms with Gasteiger partial charge in [-0.25, -0.2) is 4.98 Å². The van der Waals surface area contributed by atoms with Gasteiger partial charge in [0, 0.05) is 37.9 Å². The first-order valence-corrected chi connectivity index (χ1v) is 6.71. The molecule has 4 heteroatoms. The van der Waals surface area contributed by atoms with Gasteiger partial charge in [0.2, 0.25) is 0 Å². The molecule has 18 heavy (non-hydrogen) atoms. The van der Waals surface area contributed by atoms with Crippen LogP contribution in [-0.2, 0) is 6.54 Å². The summed E-state index contributed by atoms with van der Waals surface area (Å²) in [6.45, 7) is 3.37. The lowest BCUT2D eigenvalue weighted by molar-refractivity contribution is 0.129. The van der Waals surface area contributed by atoms with Gasteiger partial charge in [-0.3, -0.25) is 4.90 Å². The smallest absolute Gasteiger partial charge is 0.130 e. The summed E-state index contributed by atoms with van der Waals surface area (Å²) in [5.74, 6) is 0.994. The van der Waals surface area contributed by atoms with Gasteiger partial charge in [-0.2, -0.15) is 0 Å². The molecular weight excluding hydrogens is 224 g/mol. The molecule has 0 aliphatic carbocycles. The topological polar surface area (TPSA) is 31.4 Å². The second-order valence-electron chi connectivity index (χ2n) is 5.23. The van der Waals surface area contributed by atoms with E-state index in [1.54, 1.807) is 0 Å². The van der Waals surface area contributed by atoms with E-state index < -0.39 is 0 Å². The molecule has 0 saturated carbocycles. The first kappa shape index (κ1) is 13.3. The summed E-state index contributed by atoms with van der Waals surface area (Å²) in [4.78, 5) is 9.24. The molecule has 1 atom stereocenters. The molecule has 1 saturated heterocycles. The second kappa shape index (κ2) is 6.16. The van der Waals surface area contributed by atoms with Crippen LogP contribution in [0, 0.1) is 0 Å². The minimum absolute atomic E-state index is 0.661. The quantitative estimate of drug-likeness (QED) is 0.878. The van der Waals surface area contributed by atoms with E-state index in [-0.39, 0.29) is 0 Å². The van der Waals surface area contributed by atoms with Crippen molar-refractivity contribution in [2.24, 2.45) is 0 Å². The zero-order chi connectivity index (χ0) is 13.0. The molecule has 2 heterocycles. The fraction of sp³-hybridized carbons (Fsp3) is 0.643. The Balaban J connectivity index is 1.99. The Morgan fingerprint density at radius 3 is 3.11 bits per heavy atom. The molecule has 4 nitrogen and oxygen atoms in total. The van der Waals surface area contributed by atoms with Crippen molar-refractivity contribution in [3.63, 3.8) is 0 Å². The highest BCUT2D eigenvalue weighted by Gasteiger charge is 2.21. The molecular formula is C14H24N4. The maximum atomic E-state index is 4.36. The summed E-state index contributed by atoms with van der Waals surface area (Å²) in [6.07, 6.45) is 4.44. The standard InChI is InChI=1S/C14H24N4/c1-15-14-12(6-4-8-16-14)10-18(3)13-7-5-9-17(2)11-13/h4,6,8,13H,5,7,9-11H2,1-3H3,(H,15,16). The van der Waals surface area contributed by atoms with E-state index in [1.165, 1.54) is 31.5 Å². The highest BCUT2D eigenvalue weighted by molar-refractivity contribution is 5.42. The minimum Gasteiger partial charge on any atom is -0.373 e. The third-order valence-corrected chi connectivity index (χ3v) is 3.77. The maximum Gasteiger partial charge on any atom is 0.130 e. The monoisotopic (exact) mass is 248 g/mol. The second-order valence-corrected chi connectivity index (χ2v) is 5.23. The first-order valence-electron chi connectivity index (χ1n) is 6.71. The van der Waals surface area contributed by atoms with Crippen molar-refractivity contribution in [2.75, 3.05) is 39.5 Å². The normalized spacial score (nSPS) is 21.2. The van der Waals surface area contributed by atoms with Crippen LogP contribution in [0.15, 0.2) is 18.3 Å². The molecule has 1 unspecified atom stereocenters. The molecule has 0 amide bonds. The van der Waals surface area contributed by atoms with Crippen molar-refractivity contribution in [1.82, 2.24) is 14.8 Å². The Morgan fingerprint density at radius 1 is 1.56 bits per heavy atom. The van der Waals surface area contributed by atoms with Crippen LogP contribution in [0.2, 0.25) is 0 Å². The van der Waals surface area contributed by atoms with E-state index in [0.29, 0.717) is 6.04 Å². The fourth-order valence-electron chi connectivity index (χ4n) is 2.69. The molecule has 1 N–H and O–H groups in total. The third kappa shape index (κ3) is 3.21. The Labute approximate surface area is 110 Å². The predicted octanol–water partition coefficient (Wildman–Crippen LogP) is 1.65. The summed E-state index contributed by atoms with van der Waals surface area (Å²) < 4.78 is 0. The van der Waals surface area contributed by atoms with Gasteiger partial charge in [0.15, 0.2) is 0 Å². The number of likely N-dealkylation sites (tertiary alicyclic amines) is 1. The molecule has 0 radical (unpaired) electrons. The van der Waals surface area contributed by atoms with Crippen LogP contribution < -0.4 is 5.32 Å². The first-order chi connectivity index (χ1) is 8.70. The summed E-state index contributed by atoms with van der Waals surface area (Å²) in [7, 11) is 6.36.